The minimum atomic E-state index is -1.03. The fourth-order valence-electron chi connectivity index (χ4n) is 2.82. The van der Waals surface area contributed by atoms with Crippen LogP contribution >= 0.6 is 11.3 Å². The van der Waals surface area contributed by atoms with E-state index >= 15 is 0 Å². The average Bonchev–Trinajstić information content (AvgIpc) is 3.13. The Hall–Kier alpha value is -2.87. The van der Waals surface area contributed by atoms with Crippen LogP contribution in [0.1, 0.15) is 32.2 Å². The lowest BCUT2D eigenvalue weighted by Crippen LogP contribution is -2.47. The summed E-state index contributed by atoms with van der Waals surface area (Å²) in [4.78, 5) is 37.7. The lowest BCUT2D eigenvalue weighted by molar-refractivity contribution is 0.0698. The first-order valence-corrected chi connectivity index (χ1v) is 9.09. The molecule has 3 N–H and O–H groups in total. The number of carbonyl (C=O) groups is 3. The van der Waals surface area contributed by atoms with Crippen LogP contribution in [0.4, 0.5) is 10.5 Å². The summed E-state index contributed by atoms with van der Waals surface area (Å²) in [5, 5.41) is 14.7. The summed E-state index contributed by atoms with van der Waals surface area (Å²) in [6.45, 7) is 1.05. The quantitative estimate of drug-likeness (QED) is 0.767. The molecule has 0 unspecified atom stereocenters. The van der Waals surface area contributed by atoms with Crippen molar-refractivity contribution in [3.8, 4) is 0 Å². The number of benzene rings is 1. The van der Waals surface area contributed by atoms with E-state index in [2.05, 4.69) is 10.6 Å². The Bertz CT molecular complexity index is 798. The van der Waals surface area contributed by atoms with Crippen molar-refractivity contribution in [2.75, 3.05) is 18.4 Å². The first-order valence-electron chi connectivity index (χ1n) is 8.28. The monoisotopic (exact) mass is 373 g/mol. The first kappa shape index (κ1) is 17.9. The Labute approximate surface area is 154 Å². The molecule has 1 fully saturated rings. The van der Waals surface area contributed by atoms with E-state index in [0.717, 1.165) is 17.0 Å². The number of likely N-dealkylation sites (tertiary alicyclic amines) is 1. The summed E-state index contributed by atoms with van der Waals surface area (Å²) in [5.41, 5.74) is 0.726. The minimum absolute atomic E-state index is 0.000628. The van der Waals surface area contributed by atoms with Gasteiger partial charge in [-0.1, -0.05) is 18.2 Å². The van der Waals surface area contributed by atoms with E-state index in [0.29, 0.717) is 30.8 Å². The van der Waals surface area contributed by atoms with Crippen molar-refractivity contribution in [2.45, 2.75) is 18.9 Å². The molecule has 26 heavy (non-hydrogen) atoms. The Morgan fingerprint density at radius 3 is 2.27 bits per heavy atom. The second kappa shape index (κ2) is 8.01. The predicted octanol–water partition coefficient (Wildman–Crippen LogP) is 2.87. The molecule has 2 aromatic rings. The second-order valence-electron chi connectivity index (χ2n) is 6.00. The molecule has 0 bridgehead atoms. The van der Waals surface area contributed by atoms with Crippen LogP contribution in [-0.4, -0.2) is 47.0 Å². The molecule has 136 valence electrons. The third kappa shape index (κ3) is 4.40. The van der Waals surface area contributed by atoms with Gasteiger partial charge in [0.2, 0.25) is 0 Å². The summed E-state index contributed by atoms with van der Waals surface area (Å²) in [7, 11) is 0. The maximum absolute atomic E-state index is 12.4. The van der Waals surface area contributed by atoms with Crippen molar-refractivity contribution in [1.82, 2.24) is 10.2 Å². The van der Waals surface area contributed by atoms with Gasteiger partial charge >= 0.3 is 12.0 Å². The molecule has 2 heterocycles. The number of urea groups is 1. The van der Waals surface area contributed by atoms with Crippen molar-refractivity contribution in [3.05, 3.63) is 52.2 Å². The number of piperidine rings is 1. The van der Waals surface area contributed by atoms with Gasteiger partial charge < -0.3 is 20.6 Å². The Balaban J connectivity index is 1.48. The minimum Gasteiger partial charge on any atom is -0.477 e. The van der Waals surface area contributed by atoms with E-state index in [1.54, 1.807) is 11.0 Å². The molecule has 1 aliphatic heterocycles. The van der Waals surface area contributed by atoms with Crippen LogP contribution in [0.25, 0.3) is 0 Å². The van der Waals surface area contributed by atoms with Gasteiger partial charge in [-0.2, -0.15) is 0 Å². The number of anilines is 1. The van der Waals surface area contributed by atoms with Crippen molar-refractivity contribution >= 4 is 34.9 Å². The van der Waals surface area contributed by atoms with Crippen molar-refractivity contribution in [1.29, 1.82) is 0 Å². The molecule has 0 aliphatic carbocycles. The van der Waals surface area contributed by atoms with Crippen LogP contribution < -0.4 is 10.6 Å². The van der Waals surface area contributed by atoms with Crippen molar-refractivity contribution < 1.29 is 19.5 Å². The van der Waals surface area contributed by atoms with Crippen molar-refractivity contribution in [2.24, 2.45) is 0 Å². The van der Waals surface area contributed by atoms with Gasteiger partial charge in [0.15, 0.2) is 0 Å². The van der Waals surface area contributed by atoms with Crippen LogP contribution in [0.15, 0.2) is 42.5 Å². The number of carboxylic acid groups (broad SMARTS) is 1. The van der Waals surface area contributed by atoms with Gasteiger partial charge in [0, 0.05) is 24.8 Å². The zero-order valence-corrected chi connectivity index (χ0v) is 14.8. The SMILES string of the molecule is O=C(Nc1ccccc1)NC1CCN(C(=O)c2ccc(C(=O)O)s2)CC1. The van der Waals surface area contributed by atoms with E-state index in [1.807, 2.05) is 30.3 Å². The molecule has 0 spiro atoms. The van der Waals surface area contributed by atoms with Crippen LogP contribution in [0.3, 0.4) is 0 Å². The molecule has 0 atom stereocenters. The van der Waals surface area contributed by atoms with Gasteiger partial charge in [-0.25, -0.2) is 9.59 Å². The largest absolute Gasteiger partial charge is 0.477 e. The highest BCUT2D eigenvalue weighted by Crippen LogP contribution is 2.21. The van der Waals surface area contributed by atoms with Gasteiger partial charge in [-0.3, -0.25) is 4.79 Å². The van der Waals surface area contributed by atoms with Crippen LogP contribution in [0, 0.1) is 0 Å². The molecule has 1 saturated heterocycles. The number of nitrogens with zero attached hydrogens (tertiary/aromatic N) is 1. The lowest BCUT2D eigenvalue weighted by Gasteiger charge is -2.32. The number of hydrogen-bond acceptors (Lipinski definition) is 4. The summed E-state index contributed by atoms with van der Waals surface area (Å²) in [6.07, 6.45) is 1.32. The normalized spacial score (nSPS) is 14.7. The molecule has 7 nitrogen and oxygen atoms in total. The highest BCUT2D eigenvalue weighted by Gasteiger charge is 2.26. The van der Waals surface area contributed by atoms with Crippen LogP contribution in [0.5, 0.6) is 0 Å². The fourth-order valence-corrected chi connectivity index (χ4v) is 3.64. The van der Waals surface area contributed by atoms with Gasteiger partial charge in [0.05, 0.1) is 4.88 Å². The van der Waals surface area contributed by atoms with E-state index in [1.165, 1.54) is 6.07 Å². The van der Waals surface area contributed by atoms with Crippen LogP contribution in [0.2, 0.25) is 0 Å². The summed E-state index contributed by atoms with van der Waals surface area (Å²) < 4.78 is 0. The number of nitrogens with one attached hydrogen (secondary N) is 2. The van der Waals surface area contributed by atoms with Gasteiger partial charge in [-0.05, 0) is 37.1 Å². The zero-order valence-electron chi connectivity index (χ0n) is 14.0. The number of para-hydroxylation sites is 1. The summed E-state index contributed by atoms with van der Waals surface area (Å²) in [5.74, 6) is -1.18. The fraction of sp³-hybridized carbons (Fsp3) is 0.278. The zero-order chi connectivity index (χ0) is 18.5. The summed E-state index contributed by atoms with van der Waals surface area (Å²) in [6, 6.07) is 11.9. The highest BCUT2D eigenvalue weighted by atomic mass is 32.1. The number of hydrogen-bond donors (Lipinski definition) is 3. The number of amides is 3. The van der Waals surface area contributed by atoms with Gasteiger partial charge in [0.25, 0.3) is 5.91 Å². The number of carboxylic acids is 1. The van der Waals surface area contributed by atoms with E-state index in [-0.39, 0.29) is 22.9 Å². The standard InChI is InChI=1S/C18H19N3O4S/c22-16(14-6-7-15(26-14)17(23)24)21-10-8-13(9-11-21)20-18(25)19-12-4-2-1-3-5-12/h1-7,13H,8-11H2,(H,23,24)(H2,19,20,25). The van der Waals surface area contributed by atoms with Gasteiger partial charge in [-0.15, -0.1) is 11.3 Å². The second-order valence-corrected chi connectivity index (χ2v) is 7.08. The van der Waals surface area contributed by atoms with Crippen LogP contribution in [-0.2, 0) is 0 Å². The predicted molar refractivity (Wildman–Crippen MR) is 98.8 cm³/mol. The third-order valence-electron chi connectivity index (χ3n) is 4.18. The maximum atomic E-state index is 12.4. The molecule has 3 amide bonds. The Kier molecular flexibility index (Phi) is 5.52. The Morgan fingerprint density at radius 2 is 1.65 bits per heavy atom. The number of thiophene rings is 1. The average molecular weight is 373 g/mol. The van der Waals surface area contributed by atoms with E-state index < -0.39 is 5.97 Å². The molecule has 8 heteroatoms. The number of carbonyl (C=O) groups excluding carboxylic acids is 2. The Morgan fingerprint density at radius 1 is 1.00 bits per heavy atom. The van der Waals surface area contributed by atoms with E-state index in [4.69, 9.17) is 5.11 Å². The molecular formula is C18H19N3O4S. The maximum Gasteiger partial charge on any atom is 0.345 e. The number of aromatic carboxylic acids is 1. The smallest absolute Gasteiger partial charge is 0.345 e. The third-order valence-corrected chi connectivity index (χ3v) is 5.24. The van der Waals surface area contributed by atoms with Crippen molar-refractivity contribution in [3.63, 3.8) is 0 Å². The number of rotatable bonds is 4. The van der Waals surface area contributed by atoms with Gasteiger partial charge in [0.1, 0.15) is 4.88 Å². The molecule has 0 saturated carbocycles. The lowest BCUT2D eigenvalue weighted by atomic mass is 10.1. The molecule has 0 radical (unpaired) electrons. The highest BCUT2D eigenvalue weighted by molar-refractivity contribution is 7.15. The summed E-state index contributed by atoms with van der Waals surface area (Å²) >= 11 is 0.985. The molecule has 1 aliphatic rings. The van der Waals surface area contributed by atoms with E-state index in [9.17, 15) is 14.4 Å². The molecule has 1 aromatic carbocycles. The molecule has 1 aromatic heterocycles. The first-order chi connectivity index (χ1) is 12.5. The molecular weight excluding hydrogens is 354 g/mol. The molecule has 3 rings (SSSR count). The topological polar surface area (TPSA) is 98.7 Å².